The number of hydrogen-bond donors (Lipinski definition) is 1. The van der Waals surface area contributed by atoms with Crippen LogP contribution in [-0.4, -0.2) is 22.0 Å². The molecule has 0 unspecified atom stereocenters. The molecule has 3 rings (SSSR count). The average Bonchev–Trinajstić information content (AvgIpc) is 2.86. The van der Waals surface area contributed by atoms with Crippen LogP contribution >= 0.6 is 11.3 Å². The summed E-state index contributed by atoms with van der Waals surface area (Å²) in [5, 5.41) is 5.97. The van der Waals surface area contributed by atoms with E-state index in [4.69, 9.17) is 0 Å². The number of thiophene rings is 1. The number of anilines is 1. The Labute approximate surface area is 107 Å². The molecule has 0 aliphatic carbocycles. The number of hydrogen-bond acceptors (Lipinski definition) is 5. The van der Waals surface area contributed by atoms with Gasteiger partial charge in [0.1, 0.15) is 22.2 Å². The Balaban J connectivity index is 2.19. The first-order chi connectivity index (χ1) is 8.78. The van der Waals surface area contributed by atoms with Crippen molar-refractivity contribution in [2.24, 2.45) is 0 Å². The van der Waals surface area contributed by atoms with Crippen molar-refractivity contribution < 1.29 is 4.39 Å². The summed E-state index contributed by atoms with van der Waals surface area (Å²) in [5.74, 6) is 0.876. The van der Waals surface area contributed by atoms with Crippen LogP contribution in [0.4, 0.5) is 10.2 Å². The molecule has 0 aliphatic heterocycles. The lowest BCUT2D eigenvalue weighted by Gasteiger charge is -2.04. The summed E-state index contributed by atoms with van der Waals surface area (Å²) in [6, 6.07) is 4.89. The van der Waals surface area contributed by atoms with Crippen molar-refractivity contribution in [3.05, 3.63) is 35.6 Å². The minimum Gasteiger partial charge on any atom is -0.372 e. The molecule has 3 heterocycles. The van der Waals surface area contributed by atoms with Gasteiger partial charge in [-0.1, -0.05) is 0 Å². The quantitative estimate of drug-likeness (QED) is 0.769. The molecule has 0 saturated carbocycles. The van der Waals surface area contributed by atoms with Crippen molar-refractivity contribution in [2.75, 3.05) is 12.4 Å². The second kappa shape index (κ2) is 4.30. The molecule has 0 aromatic carbocycles. The van der Waals surface area contributed by atoms with Gasteiger partial charge in [-0.15, -0.1) is 11.3 Å². The fraction of sp³-hybridized carbons (Fsp3) is 0.0833. The van der Waals surface area contributed by atoms with E-state index >= 15 is 0 Å². The highest BCUT2D eigenvalue weighted by Crippen LogP contribution is 2.27. The Hall–Kier alpha value is -2.08. The third-order valence-corrected chi connectivity index (χ3v) is 3.32. The maximum Gasteiger partial charge on any atom is 0.181 e. The predicted molar refractivity (Wildman–Crippen MR) is 70.2 cm³/mol. The van der Waals surface area contributed by atoms with Crippen LogP contribution in [0, 0.1) is 5.82 Å². The minimum absolute atomic E-state index is 0.371. The molecule has 0 aliphatic rings. The van der Waals surface area contributed by atoms with Crippen LogP contribution in [0.2, 0.25) is 0 Å². The molecule has 90 valence electrons. The molecule has 0 spiro atoms. The molecule has 0 fully saturated rings. The SMILES string of the molecule is CNc1nc(-c2ccc(F)cn2)nc2sccc12. The number of nitrogens with zero attached hydrogens (tertiary/aromatic N) is 3. The number of fused-ring (bicyclic) bond motifs is 1. The first-order valence-electron chi connectivity index (χ1n) is 5.33. The van der Waals surface area contributed by atoms with Gasteiger partial charge in [-0.3, -0.25) is 0 Å². The van der Waals surface area contributed by atoms with E-state index in [-0.39, 0.29) is 5.82 Å². The molecular weight excluding hydrogens is 251 g/mol. The molecule has 0 atom stereocenters. The summed E-state index contributed by atoms with van der Waals surface area (Å²) in [4.78, 5) is 13.7. The number of halogens is 1. The molecule has 6 heteroatoms. The van der Waals surface area contributed by atoms with Crippen molar-refractivity contribution in [2.45, 2.75) is 0 Å². The summed E-state index contributed by atoms with van der Waals surface area (Å²) in [6.07, 6.45) is 1.16. The van der Waals surface area contributed by atoms with E-state index < -0.39 is 0 Å². The van der Waals surface area contributed by atoms with Crippen LogP contribution < -0.4 is 5.32 Å². The fourth-order valence-corrected chi connectivity index (χ4v) is 2.43. The topological polar surface area (TPSA) is 50.7 Å². The van der Waals surface area contributed by atoms with E-state index in [1.165, 1.54) is 17.4 Å². The maximum atomic E-state index is 12.8. The first-order valence-corrected chi connectivity index (χ1v) is 6.21. The Morgan fingerprint density at radius 2 is 2.11 bits per heavy atom. The lowest BCUT2D eigenvalue weighted by molar-refractivity contribution is 0.621. The van der Waals surface area contributed by atoms with E-state index in [0.717, 1.165) is 22.2 Å². The Kier molecular flexibility index (Phi) is 2.64. The van der Waals surface area contributed by atoms with E-state index in [0.29, 0.717) is 11.5 Å². The maximum absolute atomic E-state index is 12.8. The van der Waals surface area contributed by atoms with Crippen LogP contribution in [0.25, 0.3) is 21.7 Å². The highest BCUT2D eigenvalue weighted by Gasteiger charge is 2.10. The third-order valence-electron chi connectivity index (χ3n) is 2.52. The van der Waals surface area contributed by atoms with Crippen LogP contribution in [-0.2, 0) is 0 Å². The number of pyridine rings is 1. The summed E-state index contributed by atoms with van der Waals surface area (Å²) < 4.78 is 12.8. The van der Waals surface area contributed by atoms with Gasteiger partial charge in [-0.05, 0) is 23.6 Å². The molecule has 3 aromatic heterocycles. The van der Waals surface area contributed by atoms with Crippen molar-refractivity contribution in [3.63, 3.8) is 0 Å². The van der Waals surface area contributed by atoms with Gasteiger partial charge in [0.2, 0.25) is 0 Å². The molecule has 4 nitrogen and oxygen atoms in total. The lowest BCUT2D eigenvalue weighted by atomic mass is 10.3. The van der Waals surface area contributed by atoms with Crippen LogP contribution in [0.1, 0.15) is 0 Å². The van der Waals surface area contributed by atoms with E-state index in [1.54, 1.807) is 13.1 Å². The standard InChI is InChI=1S/C12H9FN4S/c1-14-10-8-4-5-18-12(8)17-11(16-10)9-3-2-7(13)6-15-9/h2-6H,1H3,(H,14,16,17). The van der Waals surface area contributed by atoms with E-state index in [9.17, 15) is 4.39 Å². The lowest BCUT2D eigenvalue weighted by Crippen LogP contribution is -1.98. The number of rotatable bonds is 2. The summed E-state index contributed by atoms with van der Waals surface area (Å²) >= 11 is 1.54. The predicted octanol–water partition coefficient (Wildman–Crippen LogP) is 2.93. The molecule has 0 bridgehead atoms. The smallest absolute Gasteiger partial charge is 0.181 e. The normalized spacial score (nSPS) is 10.8. The van der Waals surface area contributed by atoms with E-state index in [2.05, 4.69) is 20.3 Å². The van der Waals surface area contributed by atoms with Crippen molar-refractivity contribution in [1.82, 2.24) is 15.0 Å². The first kappa shape index (κ1) is 11.0. The zero-order valence-corrected chi connectivity index (χ0v) is 10.3. The van der Waals surface area contributed by atoms with Gasteiger partial charge in [0.15, 0.2) is 5.82 Å². The van der Waals surface area contributed by atoms with Gasteiger partial charge in [0, 0.05) is 7.05 Å². The van der Waals surface area contributed by atoms with E-state index in [1.807, 2.05) is 11.4 Å². The molecule has 18 heavy (non-hydrogen) atoms. The largest absolute Gasteiger partial charge is 0.372 e. The fourth-order valence-electron chi connectivity index (χ4n) is 1.67. The zero-order valence-electron chi connectivity index (χ0n) is 9.51. The van der Waals surface area contributed by atoms with Gasteiger partial charge in [-0.25, -0.2) is 19.3 Å². The molecule has 0 amide bonds. The van der Waals surface area contributed by atoms with Gasteiger partial charge >= 0.3 is 0 Å². The molecule has 3 aromatic rings. The number of nitrogens with one attached hydrogen (secondary N) is 1. The summed E-state index contributed by atoms with van der Waals surface area (Å²) in [5.41, 5.74) is 0.559. The minimum atomic E-state index is -0.371. The Morgan fingerprint density at radius 3 is 2.83 bits per heavy atom. The highest BCUT2D eigenvalue weighted by atomic mass is 32.1. The monoisotopic (exact) mass is 260 g/mol. The van der Waals surface area contributed by atoms with Gasteiger partial charge in [-0.2, -0.15) is 0 Å². The van der Waals surface area contributed by atoms with Gasteiger partial charge < -0.3 is 5.32 Å². The van der Waals surface area contributed by atoms with Crippen LogP contribution in [0.5, 0.6) is 0 Å². The van der Waals surface area contributed by atoms with Crippen LogP contribution in [0.3, 0.4) is 0 Å². The second-order valence-electron chi connectivity index (χ2n) is 3.65. The van der Waals surface area contributed by atoms with Crippen LogP contribution in [0.15, 0.2) is 29.8 Å². The van der Waals surface area contributed by atoms with Crippen molar-refractivity contribution in [1.29, 1.82) is 0 Å². The average molecular weight is 260 g/mol. The highest BCUT2D eigenvalue weighted by molar-refractivity contribution is 7.16. The Bertz CT molecular complexity index is 693. The van der Waals surface area contributed by atoms with Gasteiger partial charge in [0.25, 0.3) is 0 Å². The van der Waals surface area contributed by atoms with Gasteiger partial charge in [0.05, 0.1) is 11.6 Å². The van der Waals surface area contributed by atoms with Crippen molar-refractivity contribution >= 4 is 27.4 Å². The zero-order chi connectivity index (χ0) is 12.5. The molecule has 1 N–H and O–H groups in total. The molecule has 0 saturated heterocycles. The molecular formula is C12H9FN4S. The number of aromatic nitrogens is 3. The second-order valence-corrected chi connectivity index (χ2v) is 4.54. The molecule has 0 radical (unpaired) electrons. The summed E-state index contributed by atoms with van der Waals surface area (Å²) in [7, 11) is 1.81. The third kappa shape index (κ3) is 1.80. The Morgan fingerprint density at radius 1 is 1.22 bits per heavy atom. The summed E-state index contributed by atoms with van der Waals surface area (Å²) in [6.45, 7) is 0. The van der Waals surface area contributed by atoms with Crippen molar-refractivity contribution in [3.8, 4) is 11.5 Å².